The fraction of sp³-hybridized carbons (Fsp3) is 0.182. The van der Waals surface area contributed by atoms with Gasteiger partial charge >= 0.3 is 5.69 Å². The standard InChI is InChI=1S/C11H10BrN3O2S/c1-7-2-3-18-10(7)6-14-11-9(15(16)17)4-8(12)5-13-11/h2-5H,6H2,1H3,(H,13,14). The van der Waals surface area contributed by atoms with E-state index in [-0.39, 0.29) is 11.5 Å². The van der Waals surface area contributed by atoms with E-state index in [1.807, 2.05) is 18.4 Å². The molecule has 0 saturated heterocycles. The number of rotatable bonds is 4. The number of aromatic nitrogens is 1. The van der Waals surface area contributed by atoms with Crippen LogP contribution in [0.15, 0.2) is 28.2 Å². The molecular weight excluding hydrogens is 318 g/mol. The molecule has 5 nitrogen and oxygen atoms in total. The van der Waals surface area contributed by atoms with E-state index in [2.05, 4.69) is 26.2 Å². The van der Waals surface area contributed by atoms with Gasteiger partial charge in [-0.2, -0.15) is 0 Å². The predicted octanol–water partition coefficient (Wildman–Crippen LogP) is 3.73. The zero-order chi connectivity index (χ0) is 13.1. The van der Waals surface area contributed by atoms with E-state index in [9.17, 15) is 10.1 Å². The first-order valence-electron chi connectivity index (χ1n) is 5.14. The highest BCUT2D eigenvalue weighted by molar-refractivity contribution is 9.10. The number of nitrogens with zero attached hydrogens (tertiary/aromatic N) is 2. The molecule has 0 radical (unpaired) electrons. The Morgan fingerprint density at radius 1 is 1.61 bits per heavy atom. The molecule has 0 amide bonds. The summed E-state index contributed by atoms with van der Waals surface area (Å²) in [6.07, 6.45) is 1.54. The van der Waals surface area contributed by atoms with Crippen LogP contribution in [0.3, 0.4) is 0 Å². The minimum atomic E-state index is -0.443. The molecule has 2 rings (SSSR count). The molecule has 0 fully saturated rings. The molecule has 1 N–H and O–H groups in total. The molecule has 18 heavy (non-hydrogen) atoms. The highest BCUT2D eigenvalue weighted by atomic mass is 79.9. The van der Waals surface area contributed by atoms with Crippen LogP contribution in [0, 0.1) is 17.0 Å². The Morgan fingerprint density at radius 2 is 2.39 bits per heavy atom. The molecular formula is C11H10BrN3O2S. The van der Waals surface area contributed by atoms with Gasteiger partial charge in [-0.25, -0.2) is 4.98 Å². The highest BCUT2D eigenvalue weighted by Crippen LogP contribution is 2.26. The number of nitrogens with one attached hydrogen (secondary N) is 1. The number of anilines is 1. The van der Waals surface area contributed by atoms with Gasteiger partial charge in [-0.1, -0.05) is 0 Å². The SMILES string of the molecule is Cc1ccsc1CNc1ncc(Br)cc1[N+](=O)[O-]. The molecule has 2 heterocycles. The molecule has 0 bridgehead atoms. The fourth-order valence-corrected chi connectivity index (χ4v) is 2.62. The first-order chi connectivity index (χ1) is 8.58. The van der Waals surface area contributed by atoms with Crippen LogP contribution in [-0.2, 0) is 6.54 Å². The van der Waals surface area contributed by atoms with Gasteiger partial charge in [0.15, 0.2) is 0 Å². The van der Waals surface area contributed by atoms with Crippen molar-refractivity contribution in [2.75, 3.05) is 5.32 Å². The highest BCUT2D eigenvalue weighted by Gasteiger charge is 2.15. The summed E-state index contributed by atoms with van der Waals surface area (Å²) < 4.78 is 0.590. The van der Waals surface area contributed by atoms with Crippen molar-refractivity contribution in [2.45, 2.75) is 13.5 Å². The second kappa shape index (κ2) is 5.45. The molecule has 94 valence electrons. The zero-order valence-corrected chi connectivity index (χ0v) is 11.9. The van der Waals surface area contributed by atoms with E-state index in [1.165, 1.54) is 17.8 Å². The number of thiophene rings is 1. The van der Waals surface area contributed by atoms with Crippen molar-refractivity contribution in [3.63, 3.8) is 0 Å². The molecule has 0 saturated carbocycles. The Bertz CT molecular complexity index is 585. The molecule has 0 aliphatic rings. The smallest absolute Gasteiger partial charge is 0.312 e. The minimum Gasteiger partial charge on any atom is -0.359 e. The first-order valence-corrected chi connectivity index (χ1v) is 6.82. The van der Waals surface area contributed by atoms with Gasteiger partial charge in [-0.05, 0) is 39.9 Å². The van der Waals surface area contributed by atoms with Crippen molar-refractivity contribution < 1.29 is 4.92 Å². The lowest BCUT2D eigenvalue weighted by molar-refractivity contribution is -0.384. The van der Waals surface area contributed by atoms with Crippen LogP contribution in [0.25, 0.3) is 0 Å². The molecule has 0 aliphatic carbocycles. The minimum absolute atomic E-state index is 0.0291. The van der Waals surface area contributed by atoms with Crippen LogP contribution in [0.1, 0.15) is 10.4 Å². The molecule has 2 aromatic heterocycles. The maximum Gasteiger partial charge on any atom is 0.312 e. The first kappa shape index (κ1) is 13.0. The third-order valence-electron chi connectivity index (χ3n) is 2.42. The van der Waals surface area contributed by atoms with Gasteiger partial charge in [0.25, 0.3) is 0 Å². The number of pyridine rings is 1. The fourth-order valence-electron chi connectivity index (χ4n) is 1.45. The van der Waals surface area contributed by atoms with E-state index in [0.717, 1.165) is 4.88 Å². The Hall–Kier alpha value is -1.47. The predicted molar refractivity (Wildman–Crippen MR) is 75.0 cm³/mol. The van der Waals surface area contributed by atoms with Crippen LogP contribution >= 0.6 is 27.3 Å². The number of halogens is 1. The molecule has 0 atom stereocenters. The summed E-state index contributed by atoms with van der Waals surface area (Å²) in [6, 6.07) is 3.46. The normalized spacial score (nSPS) is 10.3. The summed E-state index contributed by atoms with van der Waals surface area (Å²) in [4.78, 5) is 15.6. The van der Waals surface area contributed by atoms with Crippen molar-refractivity contribution in [1.82, 2.24) is 4.98 Å². The lowest BCUT2D eigenvalue weighted by atomic mass is 10.3. The number of hydrogen-bond acceptors (Lipinski definition) is 5. The van der Waals surface area contributed by atoms with Gasteiger partial charge in [-0.15, -0.1) is 11.3 Å². The van der Waals surface area contributed by atoms with E-state index in [0.29, 0.717) is 11.0 Å². The van der Waals surface area contributed by atoms with Gasteiger partial charge in [0.05, 0.1) is 11.5 Å². The summed E-state index contributed by atoms with van der Waals surface area (Å²) in [5.74, 6) is 0.288. The van der Waals surface area contributed by atoms with Crippen LogP contribution in [-0.4, -0.2) is 9.91 Å². The Labute approximate surface area is 116 Å². The maximum absolute atomic E-state index is 10.9. The zero-order valence-electron chi connectivity index (χ0n) is 9.51. The molecule has 0 spiro atoms. The Balaban J connectivity index is 2.19. The van der Waals surface area contributed by atoms with E-state index in [1.54, 1.807) is 11.3 Å². The van der Waals surface area contributed by atoms with Crippen LogP contribution in [0.4, 0.5) is 11.5 Å². The average Bonchev–Trinajstić information content (AvgIpc) is 2.73. The van der Waals surface area contributed by atoms with Crippen LogP contribution in [0.5, 0.6) is 0 Å². The van der Waals surface area contributed by atoms with Crippen molar-refractivity contribution in [3.8, 4) is 0 Å². The summed E-state index contributed by atoms with van der Waals surface area (Å²) in [5.41, 5.74) is 1.14. The van der Waals surface area contributed by atoms with Gasteiger partial charge in [0, 0.05) is 21.6 Å². The second-order valence-corrected chi connectivity index (χ2v) is 5.58. The topological polar surface area (TPSA) is 68.1 Å². The Morgan fingerprint density at radius 3 is 3.00 bits per heavy atom. The van der Waals surface area contributed by atoms with Gasteiger partial charge in [-0.3, -0.25) is 10.1 Å². The third-order valence-corrected chi connectivity index (χ3v) is 3.87. The molecule has 0 aliphatic heterocycles. The molecule has 0 aromatic carbocycles. The van der Waals surface area contributed by atoms with Crippen molar-refractivity contribution in [3.05, 3.63) is 48.7 Å². The van der Waals surface area contributed by atoms with E-state index < -0.39 is 4.92 Å². The molecule has 2 aromatic rings. The van der Waals surface area contributed by atoms with Gasteiger partial charge in [0.2, 0.25) is 5.82 Å². The van der Waals surface area contributed by atoms with E-state index >= 15 is 0 Å². The van der Waals surface area contributed by atoms with Crippen molar-refractivity contribution in [1.29, 1.82) is 0 Å². The quantitative estimate of drug-likeness (QED) is 0.686. The average molecular weight is 328 g/mol. The van der Waals surface area contributed by atoms with Crippen molar-refractivity contribution >= 4 is 38.8 Å². The summed E-state index contributed by atoms with van der Waals surface area (Å²) in [7, 11) is 0. The lowest BCUT2D eigenvalue weighted by Crippen LogP contribution is -2.04. The largest absolute Gasteiger partial charge is 0.359 e. The number of hydrogen-bond donors (Lipinski definition) is 1. The lowest BCUT2D eigenvalue weighted by Gasteiger charge is -2.05. The Kier molecular flexibility index (Phi) is 3.93. The molecule has 7 heteroatoms. The monoisotopic (exact) mass is 327 g/mol. The summed E-state index contributed by atoms with van der Waals surface area (Å²) >= 11 is 4.79. The van der Waals surface area contributed by atoms with Crippen molar-refractivity contribution in [2.24, 2.45) is 0 Å². The third kappa shape index (κ3) is 2.85. The maximum atomic E-state index is 10.9. The van der Waals surface area contributed by atoms with Gasteiger partial charge in [0.1, 0.15) is 0 Å². The van der Waals surface area contributed by atoms with Crippen LogP contribution < -0.4 is 5.32 Å². The number of nitro groups is 1. The summed E-state index contributed by atoms with van der Waals surface area (Å²) in [5, 5.41) is 15.9. The van der Waals surface area contributed by atoms with Gasteiger partial charge < -0.3 is 5.32 Å². The van der Waals surface area contributed by atoms with E-state index in [4.69, 9.17) is 0 Å². The number of aryl methyl sites for hydroxylation is 1. The second-order valence-electron chi connectivity index (χ2n) is 3.66. The molecule has 0 unspecified atom stereocenters. The summed E-state index contributed by atoms with van der Waals surface area (Å²) in [6.45, 7) is 2.55. The van der Waals surface area contributed by atoms with Crippen LogP contribution in [0.2, 0.25) is 0 Å².